The monoisotopic (exact) mass is 182 g/mol. The minimum Gasteiger partial charge on any atom is -0.379 e. The van der Waals surface area contributed by atoms with Gasteiger partial charge in [-0.2, -0.15) is 0 Å². The number of hydrogen-bond donors (Lipinski definition) is 1. The van der Waals surface area contributed by atoms with Crippen LogP contribution in [0, 0.1) is 12.3 Å². The lowest BCUT2D eigenvalue weighted by molar-refractivity contribution is 0.0385. The third kappa shape index (κ3) is 4.89. The summed E-state index contributed by atoms with van der Waals surface area (Å²) in [5, 5.41) is 3.31. The fourth-order valence-electron chi connectivity index (χ4n) is 1.35. The zero-order chi connectivity index (χ0) is 9.36. The average molecular weight is 182 g/mol. The topological polar surface area (TPSA) is 24.5 Å². The highest BCUT2D eigenvalue weighted by Crippen LogP contribution is 1.94. The van der Waals surface area contributed by atoms with E-state index in [1.807, 2.05) is 0 Å². The van der Waals surface area contributed by atoms with Crippen molar-refractivity contribution in [3.63, 3.8) is 0 Å². The molecule has 0 saturated carbocycles. The summed E-state index contributed by atoms with van der Waals surface area (Å²) in [6, 6.07) is 0. The largest absolute Gasteiger partial charge is 0.379 e. The molecule has 0 bridgehead atoms. The van der Waals surface area contributed by atoms with Crippen molar-refractivity contribution in [3.05, 3.63) is 0 Å². The van der Waals surface area contributed by atoms with Crippen molar-refractivity contribution in [3.8, 4) is 12.3 Å². The molecule has 0 unspecified atom stereocenters. The molecule has 1 aliphatic rings. The summed E-state index contributed by atoms with van der Waals surface area (Å²) in [6.07, 6.45) is 5.96. The molecule has 0 amide bonds. The van der Waals surface area contributed by atoms with Crippen LogP contribution < -0.4 is 5.32 Å². The molecule has 0 spiro atoms. The summed E-state index contributed by atoms with van der Waals surface area (Å²) in [5.74, 6) is 2.61. The van der Waals surface area contributed by atoms with Gasteiger partial charge in [0.15, 0.2) is 0 Å². The lowest BCUT2D eigenvalue weighted by Crippen LogP contribution is -2.40. The Morgan fingerprint density at radius 3 is 2.77 bits per heavy atom. The van der Waals surface area contributed by atoms with Crippen LogP contribution >= 0.6 is 0 Å². The summed E-state index contributed by atoms with van der Waals surface area (Å²) in [7, 11) is 0. The fourth-order valence-corrected chi connectivity index (χ4v) is 1.35. The Morgan fingerprint density at radius 1 is 1.31 bits per heavy atom. The Kier molecular flexibility index (Phi) is 5.59. The molecule has 0 aromatic heterocycles. The highest BCUT2D eigenvalue weighted by atomic mass is 16.5. The minimum atomic E-state index is 0.823. The van der Waals surface area contributed by atoms with Gasteiger partial charge in [-0.05, 0) is 0 Å². The summed E-state index contributed by atoms with van der Waals surface area (Å²) in [6.45, 7) is 6.96. The first-order chi connectivity index (χ1) is 6.43. The molecule has 0 aliphatic carbocycles. The van der Waals surface area contributed by atoms with E-state index in [0.717, 1.165) is 52.4 Å². The van der Waals surface area contributed by atoms with E-state index < -0.39 is 0 Å². The van der Waals surface area contributed by atoms with Gasteiger partial charge in [0, 0.05) is 39.1 Å². The molecule has 1 N–H and O–H groups in total. The normalized spacial score (nSPS) is 18.4. The Bertz CT molecular complexity index is 159. The predicted octanol–water partition coefficient (Wildman–Crippen LogP) is -0.0685. The van der Waals surface area contributed by atoms with Gasteiger partial charge < -0.3 is 10.1 Å². The van der Waals surface area contributed by atoms with Crippen LogP contribution in [-0.2, 0) is 4.74 Å². The quantitative estimate of drug-likeness (QED) is 0.476. The van der Waals surface area contributed by atoms with Crippen LogP contribution in [0.15, 0.2) is 0 Å². The van der Waals surface area contributed by atoms with Crippen molar-refractivity contribution in [2.45, 2.75) is 6.42 Å². The lowest BCUT2D eigenvalue weighted by atomic mass is 10.4. The summed E-state index contributed by atoms with van der Waals surface area (Å²) >= 11 is 0. The van der Waals surface area contributed by atoms with Crippen molar-refractivity contribution in [1.82, 2.24) is 10.2 Å². The number of nitrogens with zero attached hydrogens (tertiary/aromatic N) is 1. The molecule has 0 aromatic rings. The van der Waals surface area contributed by atoms with Crippen LogP contribution in [0.3, 0.4) is 0 Å². The Morgan fingerprint density at radius 2 is 2.08 bits per heavy atom. The maximum absolute atomic E-state index is 5.26. The Balaban J connectivity index is 1.90. The van der Waals surface area contributed by atoms with Crippen molar-refractivity contribution in [1.29, 1.82) is 0 Å². The molecule has 1 rings (SSSR count). The third-order valence-electron chi connectivity index (χ3n) is 2.15. The number of terminal acetylenes is 1. The molecule has 1 saturated heterocycles. The molecule has 1 heterocycles. The van der Waals surface area contributed by atoms with Gasteiger partial charge in [-0.1, -0.05) is 0 Å². The number of hydrogen-bond acceptors (Lipinski definition) is 3. The van der Waals surface area contributed by atoms with Crippen molar-refractivity contribution < 1.29 is 4.74 Å². The molecule has 1 aliphatic heterocycles. The van der Waals surface area contributed by atoms with Crippen LogP contribution in [0.5, 0.6) is 0 Å². The molecule has 13 heavy (non-hydrogen) atoms. The second kappa shape index (κ2) is 6.90. The summed E-state index contributed by atoms with van der Waals surface area (Å²) < 4.78 is 5.26. The predicted molar refractivity (Wildman–Crippen MR) is 53.6 cm³/mol. The number of rotatable bonds is 5. The Labute approximate surface area is 80.4 Å². The van der Waals surface area contributed by atoms with Gasteiger partial charge in [-0.15, -0.1) is 12.3 Å². The van der Waals surface area contributed by atoms with E-state index in [9.17, 15) is 0 Å². The van der Waals surface area contributed by atoms with Crippen LogP contribution in [0.25, 0.3) is 0 Å². The van der Waals surface area contributed by atoms with Gasteiger partial charge in [-0.25, -0.2) is 0 Å². The zero-order valence-electron chi connectivity index (χ0n) is 8.09. The molecule has 0 radical (unpaired) electrons. The lowest BCUT2D eigenvalue weighted by Gasteiger charge is -2.26. The maximum atomic E-state index is 5.26. The van der Waals surface area contributed by atoms with Gasteiger partial charge in [0.05, 0.1) is 13.2 Å². The average Bonchev–Trinajstić information content (AvgIpc) is 2.19. The number of nitrogens with one attached hydrogen (secondary N) is 1. The van der Waals surface area contributed by atoms with E-state index >= 15 is 0 Å². The van der Waals surface area contributed by atoms with Crippen molar-refractivity contribution in [2.24, 2.45) is 0 Å². The van der Waals surface area contributed by atoms with Crippen LogP contribution in [-0.4, -0.2) is 50.8 Å². The van der Waals surface area contributed by atoms with Gasteiger partial charge in [0.2, 0.25) is 0 Å². The van der Waals surface area contributed by atoms with E-state index in [0.29, 0.717) is 0 Å². The smallest absolute Gasteiger partial charge is 0.0594 e. The number of morpholine rings is 1. The summed E-state index contributed by atoms with van der Waals surface area (Å²) in [4.78, 5) is 2.41. The molecule has 0 aromatic carbocycles. The fraction of sp³-hybridized carbons (Fsp3) is 0.800. The van der Waals surface area contributed by atoms with Crippen LogP contribution in [0.1, 0.15) is 6.42 Å². The van der Waals surface area contributed by atoms with E-state index in [2.05, 4.69) is 16.1 Å². The number of ether oxygens (including phenoxy) is 1. The second-order valence-electron chi connectivity index (χ2n) is 3.16. The molecular weight excluding hydrogens is 164 g/mol. The highest BCUT2D eigenvalue weighted by Gasteiger charge is 2.08. The molecular formula is C10H18N2O. The molecule has 3 nitrogen and oxygen atoms in total. The first-order valence-electron chi connectivity index (χ1n) is 4.88. The van der Waals surface area contributed by atoms with Crippen molar-refractivity contribution >= 4 is 0 Å². The van der Waals surface area contributed by atoms with E-state index in [1.54, 1.807) is 0 Å². The molecule has 3 heteroatoms. The standard InChI is InChI=1S/C10H18N2O/c1-2-3-4-11-5-6-12-7-9-13-10-8-12/h1,11H,3-10H2. The molecule has 74 valence electrons. The first kappa shape index (κ1) is 10.5. The maximum Gasteiger partial charge on any atom is 0.0594 e. The third-order valence-corrected chi connectivity index (χ3v) is 2.15. The Hall–Kier alpha value is -0.560. The van der Waals surface area contributed by atoms with Crippen LogP contribution in [0.4, 0.5) is 0 Å². The molecule has 0 atom stereocenters. The second-order valence-corrected chi connectivity index (χ2v) is 3.16. The SMILES string of the molecule is C#CCCNCCN1CCOCC1. The molecule has 1 fully saturated rings. The van der Waals surface area contributed by atoms with E-state index in [1.165, 1.54) is 0 Å². The minimum absolute atomic E-state index is 0.823. The summed E-state index contributed by atoms with van der Waals surface area (Å²) in [5.41, 5.74) is 0. The van der Waals surface area contributed by atoms with Gasteiger partial charge in [0.25, 0.3) is 0 Å². The zero-order valence-corrected chi connectivity index (χ0v) is 8.09. The van der Waals surface area contributed by atoms with Gasteiger partial charge >= 0.3 is 0 Å². The van der Waals surface area contributed by atoms with E-state index in [4.69, 9.17) is 11.2 Å². The van der Waals surface area contributed by atoms with E-state index in [-0.39, 0.29) is 0 Å². The first-order valence-corrected chi connectivity index (χ1v) is 4.88. The van der Waals surface area contributed by atoms with Gasteiger partial charge in [-0.3, -0.25) is 4.90 Å². The van der Waals surface area contributed by atoms with Crippen molar-refractivity contribution in [2.75, 3.05) is 45.9 Å². The van der Waals surface area contributed by atoms with Gasteiger partial charge in [0.1, 0.15) is 0 Å². The highest BCUT2D eigenvalue weighted by molar-refractivity contribution is 4.84. The van der Waals surface area contributed by atoms with Crippen LogP contribution in [0.2, 0.25) is 0 Å².